The number of amides is 1. The topological polar surface area (TPSA) is 99.9 Å². The van der Waals surface area contributed by atoms with Crippen molar-refractivity contribution in [2.75, 3.05) is 26.6 Å². The lowest BCUT2D eigenvalue weighted by Crippen LogP contribution is -2.20. The van der Waals surface area contributed by atoms with Gasteiger partial charge in [-0.25, -0.2) is 5.43 Å². The smallest absolute Gasteiger partial charge is 0.250 e. The summed E-state index contributed by atoms with van der Waals surface area (Å²) in [6, 6.07) is 13.0. The number of nitrogens with zero attached hydrogens (tertiary/aromatic N) is 4. The molecule has 0 atom stereocenters. The minimum atomic E-state index is -0.245. The monoisotopic (exact) mass is 469 g/mol. The van der Waals surface area contributed by atoms with E-state index >= 15 is 0 Å². The summed E-state index contributed by atoms with van der Waals surface area (Å²) in [4.78, 5) is 12.3. The van der Waals surface area contributed by atoms with Gasteiger partial charge in [0.25, 0.3) is 5.91 Å². The molecular formula is C23H27N5O4S. The predicted octanol–water partition coefficient (Wildman–Crippen LogP) is 3.62. The molecule has 0 aliphatic carbocycles. The number of rotatable bonds is 11. The number of nitrogens with one attached hydrogen (secondary N) is 1. The fraction of sp³-hybridized carbons (Fsp3) is 0.304. The van der Waals surface area contributed by atoms with E-state index in [0.717, 1.165) is 22.7 Å². The zero-order valence-electron chi connectivity index (χ0n) is 19.1. The third-order valence-corrected chi connectivity index (χ3v) is 5.57. The van der Waals surface area contributed by atoms with Gasteiger partial charge in [0, 0.05) is 12.1 Å². The van der Waals surface area contributed by atoms with E-state index < -0.39 is 0 Å². The lowest BCUT2D eigenvalue weighted by Gasteiger charge is -2.09. The minimum Gasteiger partial charge on any atom is -0.497 e. The van der Waals surface area contributed by atoms with Crippen molar-refractivity contribution in [2.24, 2.45) is 5.10 Å². The van der Waals surface area contributed by atoms with E-state index in [-0.39, 0.29) is 11.7 Å². The van der Waals surface area contributed by atoms with Crippen molar-refractivity contribution >= 4 is 23.9 Å². The van der Waals surface area contributed by atoms with Crippen LogP contribution in [0.2, 0.25) is 0 Å². The second kappa shape index (κ2) is 11.9. The number of carbonyl (C=O) groups is 1. The Kier molecular flexibility index (Phi) is 8.71. The Morgan fingerprint density at radius 1 is 1.09 bits per heavy atom. The van der Waals surface area contributed by atoms with Crippen molar-refractivity contribution < 1.29 is 19.0 Å². The summed E-state index contributed by atoms with van der Waals surface area (Å²) in [6.45, 7) is 5.14. The van der Waals surface area contributed by atoms with E-state index in [1.54, 1.807) is 32.6 Å². The minimum absolute atomic E-state index is 0.157. The summed E-state index contributed by atoms with van der Waals surface area (Å²) in [5.74, 6) is 2.69. The Bertz CT molecular complexity index is 1100. The first-order valence-electron chi connectivity index (χ1n) is 10.4. The Morgan fingerprint density at radius 3 is 2.55 bits per heavy atom. The molecule has 3 rings (SSSR count). The van der Waals surface area contributed by atoms with Gasteiger partial charge in [0.05, 0.1) is 32.8 Å². The summed E-state index contributed by atoms with van der Waals surface area (Å²) in [5.41, 5.74) is 4.24. The van der Waals surface area contributed by atoms with E-state index in [1.165, 1.54) is 11.8 Å². The normalized spacial score (nSPS) is 10.9. The zero-order chi connectivity index (χ0) is 23.6. The van der Waals surface area contributed by atoms with E-state index in [9.17, 15) is 4.79 Å². The number of thioether (sulfide) groups is 1. The van der Waals surface area contributed by atoms with Crippen molar-refractivity contribution in [3.8, 4) is 28.6 Å². The van der Waals surface area contributed by atoms with Crippen molar-refractivity contribution in [2.45, 2.75) is 25.5 Å². The molecule has 0 fully saturated rings. The first-order chi connectivity index (χ1) is 16.1. The highest BCUT2D eigenvalue weighted by Gasteiger charge is 2.14. The molecule has 0 bridgehead atoms. The Balaban J connectivity index is 1.58. The molecule has 3 aromatic rings. The number of hydrogen-bond acceptors (Lipinski definition) is 8. The van der Waals surface area contributed by atoms with Crippen LogP contribution in [0.15, 0.2) is 52.7 Å². The highest BCUT2D eigenvalue weighted by molar-refractivity contribution is 7.99. The maximum Gasteiger partial charge on any atom is 0.250 e. The van der Waals surface area contributed by atoms with E-state index in [4.69, 9.17) is 14.2 Å². The van der Waals surface area contributed by atoms with Crippen LogP contribution in [0.5, 0.6) is 17.2 Å². The Hall–Kier alpha value is -3.53. The van der Waals surface area contributed by atoms with Crippen molar-refractivity contribution in [3.63, 3.8) is 0 Å². The Labute approximate surface area is 197 Å². The molecule has 1 N–H and O–H groups in total. The first-order valence-corrected chi connectivity index (χ1v) is 11.4. The summed E-state index contributed by atoms with van der Waals surface area (Å²) < 4.78 is 18.0. The summed E-state index contributed by atoms with van der Waals surface area (Å²) in [5, 5.41) is 13.2. The largest absolute Gasteiger partial charge is 0.497 e. The van der Waals surface area contributed by atoms with Crippen LogP contribution in [-0.2, 0) is 11.3 Å². The summed E-state index contributed by atoms with van der Waals surface area (Å²) in [6.07, 6.45) is 1.55. The van der Waals surface area contributed by atoms with Gasteiger partial charge in [-0.05, 0) is 61.9 Å². The van der Waals surface area contributed by atoms with Crippen molar-refractivity contribution in [1.29, 1.82) is 0 Å². The number of carbonyl (C=O) groups excluding carboxylic acids is 1. The molecule has 0 unspecified atom stereocenters. The molecule has 0 spiro atoms. The molecule has 2 aromatic carbocycles. The van der Waals surface area contributed by atoms with Gasteiger partial charge in [-0.3, -0.25) is 4.79 Å². The predicted molar refractivity (Wildman–Crippen MR) is 128 cm³/mol. The quantitative estimate of drug-likeness (QED) is 0.260. The van der Waals surface area contributed by atoms with Gasteiger partial charge < -0.3 is 18.8 Å². The molecule has 1 aromatic heterocycles. The molecule has 10 heteroatoms. The highest BCUT2D eigenvalue weighted by Crippen LogP contribution is 2.27. The van der Waals surface area contributed by atoms with Gasteiger partial charge in [-0.1, -0.05) is 11.8 Å². The molecule has 9 nitrogen and oxygen atoms in total. The SMILES string of the molecule is CCOc1ccc(/C=N/NC(=O)CSc2nnc(-c3ccc(OC)cc3)n2CC)cc1OC. The van der Waals surface area contributed by atoms with Crippen LogP contribution in [0.25, 0.3) is 11.4 Å². The molecule has 1 heterocycles. The molecule has 0 radical (unpaired) electrons. The number of hydrogen-bond donors (Lipinski definition) is 1. The van der Waals surface area contributed by atoms with E-state index in [0.29, 0.717) is 29.8 Å². The van der Waals surface area contributed by atoms with E-state index in [1.807, 2.05) is 48.7 Å². The van der Waals surface area contributed by atoms with Gasteiger partial charge >= 0.3 is 0 Å². The fourth-order valence-electron chi connectivity index (χ4n) is 3.01. The highest BCUT2D eigenvalue weighted by atomic mass is 32.2. The van der Waals surface area contributed by atoms with Crippen molar-refractivity contribution in [1.82, 2.24) is 20.2 Å². The summed E-state index contributed by atoms with van der Waals surface area (Å²) >= 11 is 1.30. The van der Waals surface area contributed by atoms with Gasteiger partial charge in [-0.2, -0.15) is 5.10 Å². The number of benzene rings is 2. The van der Waals surface area contributed by atoms with Crippen LogP contribution in [-0.4, -0.2) is 53.5 Å². The molecular weight excluding hydrogens is 442 g/mol. The summed E-state index contributed by atoms with van der Waals surface area (Å²) in [7, 11) is 3.20. The lowest BCUT2D eigenvalue weighted by atomic mass is 10.2. The molecule has 174 valence electrons. The second-order valence-electron chi connectivity index (χ2n) is 6.70. The lowest BCUT2D eigenvalue weighted by molar-refractivity contribution is -0.118. The molecule has 33 heavy (non-hydrogen) atoms. The van der Waals surface area contributed by atoms with Gasteiger partial charge in [0.2, 0.25) is 0 Å². The Morgan fingerprint density at radius 2 is 1.88 bits per heavy atom. The van der Waals surface area contributed by atoms with Crippen LogP contribution in [0.4, 0.5) is 0 Å². The fourth-order valence-corrected chi connectivity index (χ4v) is 3.81. The van der Waals surface area contributed by atoms with Gasteiger partial charge in [0.15, 0.2) is 22.5 Å². The van der Waals surface area contributed by atoms with Crippen LogP contribution in [0.1, 0.15) is 19.4 Å². The third kappa shape index (κ3) is 6.26. The zero-order valence-corrected chi connectivity index (χ0v) is 19.9. The molecule has 0 aliphatic heterocycles. The van der Waals surface area contributed by atoms with Crippen LogP contribution in [0.3, 0.4) is 0 Å². The van der Waals surface area contributed by atoms with Crippen LogP contribution < -0.4 is 19.6 Å². The van der Waals surface area contributed by atoms with Gasteiger partial charge in [0.1, 0.15) is 5.75 Å². The average Bonchev–Trinajstić information content (AvgIpc) is 3.26. The van der Waals surface area contributed by atoms with Gasteiger partial charge in [-0.15, -0.1) is 10.2 Å². The second-order valence-corrected chi connectivity index (χ2v) is 7.65. The number of methoxy groups -OCH3 is 2. The first kappa shape index (κ1) is 24.1. The standard InChI is InChI=1S/C23H27N5O4S/c1-5-28-22(17-8-10-18(30-3)11-9-17)26-27-23(28)33-15-21(29)25-24-14-16-7-12-19(32-6-2)20(13-16)31-4/h7-14H,5-6,15H2,1-4H3,(H,25,29)/b24-14+. The molecule has 1 amide bonds. The molecule has 0 saturated heterocycles. The average molecular weight is 470 g/mol. The molecule has 0 saturated carbocycles. The number of aromatic nitrogens is 3. The van der Waals surface area contributed by atoms with Crippen LogP contribution in [0, 0.1) is 0 Å². The molecule has 0 aliphatic rings. The van der Waals surface area contributed by atoms with E-state index in [2.05, 4.69) is 20.7 Å². The maximum absolute atomic E-state index is 12.3. The maximum atomic E-state index is 12.3. The van der Waals surface area contributed by atoms with Crippen LogP contribution >= 0.6 is 11.8 Å². The number of ether oxygens (including phenoxy) is 3. The van der Waals surface area contributed by atoms with Crippen molar-refractivity contribution in [3.05, 3.63) is 48.0 Å². The third-order valence-electron chi connectivity index (χ3n) is 4.60. The number of hydrazone groups is 1.